The summed E-state index contributed by atoms with van der Waals surface area (Å²) in [5.74, 6) is 0.809. The Morgan fingerprint density at radius 1 is 1.11 bits per heavy atom. The van der Waals surface area contributed by atoms with E-state index in [0.29, 0.717) is 31.7 Å². The van der Waals surface area contributed by atoms with Gasteiger partial charge < -0.3 is 15.0 Å². The Balaban J connectivity index is 1.68. The molecule has 1 saturated heterocycles. The van der Waals surface area contributed by atoms with Gasteiger partial charge in [-0.1, -0.05) is 43.3 Å². The molecular weight excluding hydrogens is 340 g/mol. The predicted octanol–water partition coefficient (Wildman–Crippen LogP) is 3.40. The van der Waals surface area contributed by atoms with Gasteiger partial charge in [0, 0.05) is 36.7 Å². The van der Waals surface area contributed by atoms with Crippen LogP contribution in [0.2, 0.25) is 0 Å². The molecule has 27 heavy (non-hydrogen) atoms. The first-order chi connectivity index (χ1) is 13.2. The standard InChI is InChI=1S/C22H26N2O3/c1-2-21(25)23-18-10-8-14-24(15-18)22(26)20-13-7-6-9-17(20)16-27-19-11-4-3-5-12-19/h3-7,9,11-13,18H,2,8,10,14-16H2,1H3,(H,23,25). The molecule has 0 spiro atoms. The van der Waals surface area contributed by atoms with E-state index in [-0.39, 0.29) is 17.9 Å². The summed E-state index contributed by atoms with van der Waals surface area (Å²) in [6.45, 7) is 3.45. The molecule has 1 N–H and O–H groups in total. The van der Waals surface area contributed by atoms with Gasteiger partial charge in [-0.3, -0.25) is 9.59 Å². The van der Waals surface area contributed by atoms with Crippen LogP contribution >= 0.6 is 0 Å². The van der Waals surface area contributed by atoms with Crippen molar-refractivity contribution in [3.05, 3.63) is 65.7 Å². The number of rotatable bonds is 6. The van der Waals surface area contributed by atoms with Gasteiger partial charge in [0.2, 0.25) is 5.91 Å². The normalized spacial score (nSPS) is 16.6. The van der Waals surface area contributed by atoms with E-state index in [4.69, 9.17) is 4.74 Å². The number of likely N-dealkylation sites (tertiary alicyclic amines) is 1. The summed E-state index contributed by atoms with van der Waals surface area (Å²) in [4.78, 5) is 26.6. The molecule has 0 saturated carbocycles. The lowest BCUT2D eigenvalue weighted by molar-refractivity contribution is -0.121. The predicted molar refractivity (Wildman–Crippen MR) is 105 cm³/mol. The van der Waals surface area contributed by atoms with Gasteiger partial charge in [-0.15, -0.1) is 0 Å². The lowest BCUT2D eigenvalue weighted by Gasteiger charge is -2.33. The summed E-state index contributed by atoms with van der Waals surface area (Å²) < 4.78 is 5.83. The molecule has 2 aromatic carbocycles. The smallest absolute Gasteiger partial charge is 0.254 e. The fourth-order valence-corrected chi connectivity index (χ4v) is 3.31. The van der Waals surface area contributed by atoms with Crippen molar-refractivity contribution >= 4 is 11.8 Å². The first-order valence-electron chi connectivity index (χ1n) is 9.51. The van der Waals surface area contributed by atoms with E-state index in [2.05, 4.69) is 5.32 Å². The van der Waals surface area contributed by atoms with E-state index in [1.807, 2.05) is 66.4 Å². The molecule has 142 valence electrons. The molecule has 0 radical (unpaired) electrons. The second-order valence-corrected chi connectivity index (χ2v) is 6.77. The van der Waals surface area contributed by atoms with Crippen molar-refractivity contribution in [2.45, 2.75) is 38.8 Å². The molecule has 5 heteroatoms. The second-order valence-electron chi connectivity index (χ2n) is 6.77. The molecule has 0 aliphatic carbocycles. The van der Waals surface area contributed by atoms with Crippen LogP contribution in [0.15, 0.2) is 54.6 Å². The fraction of sp³-hybridized carbons (Fsp3) is 0.364. The zero-order valence-electron chi connectivity index (χ0n) is 15.7. The highest BCUT2D eigenvalue weighted by Crippen LogP contribution is 2.19. The Bertz CT molecular complexity index is 776. The second kappa shape index (κ2) is 9.21. The third-order valence-corrected chi connectivity index (χ3v) is 4.78. The number of hydrogen-bond acceptors (Lipinski definition) is 3. The lowest BCUT2D eigenvalue weighted by atomic mass is 10.0. The Labute approximate surface area is 160 Å². The van der Waals surface area contributed by atoms with E-state index >= 15 is 0 Å². The molecule has 2 aromatic rings. The van der Waals surface area contributed by atoms with Crippen molar-refractivity contribution in [2.75, 3.05) is 13.1 Å². The van der Waals surface area contributed by atoms with Gasteiger partial charge in [0.1, 0.15) is 12.4 Å². The monoisotopic (exact) mass is 366 g/mol. The average Bonchev–Trinajstić information content (AvgIpc) is 2.73. The molecule has 3 rings (SSSR count). The summed E-state index contributed by atoms with van der Waals surface area (Å²) in [5, 5.41) is 3.01. The van der Waals surface area contributed by atoms with Gasteiger partial charge in [0.15, 0.2) is 0 Å². The zero-order chi connectivity index (χ0) is 19.1. The number of benzene rings is 2. The molecular formula is C22H26N2O3. The summed E-state index contributed by atoms with van der Waals surface area (Å²) in [7, 11) is 0. The van der Waals surface area contributed by atoms with Gasteiger partial charge in [-0.05, 0) is 31.0 Å². The van der Waals surface area contributed by atoms with Gasteiger partial charge in [-0.25, -0.2) is 0 Å². The molecule has 1 heterocycles. The maximum atomic E-state index is 13.1. The van der Waals surface area contributed by atoms with Crippen LogP contribution in [0, 0.1) is 0 Å². The van der Waals surface area contributed by atoms with Crippen molar-refractivity contribution in [2.24, 2.45) is 0 Å². The van der Waals surface area contributed by atoms with Gasteiger partial charge >= 0.3 is 0 Å². The van der Waals surface area contributed by atoms with E-state index in [0.717, 1.165) is 24.2 Å². The molecule has 1 fully saturated rings. The van der Waals surface area contributed by atoms with E-state index in [1.54, 1.807) is 0 Å². The maximum Gasteiger partial charge on any atom is 0.254 e. The van der Waals surface area contributed by atoms with Crippen LogP contribution in [0.4, 0.5) is 0 Å². The topological polar surface area (TPSA) is 58.6 Å². The molecule has 0 bridgehead atoms. The van der Waals surface area contributed by atoms with Crippen LogP contribution < -0.4 is 10.1 Å². The third kappa shape index (κ3) is 5.09. The Hall–Kier alpha value is -2.82. The van der Waals surface area contributed by atoms with Crippen LogP contribution in [0.3, 0.4) is 0 Å². The molecule has 1 atom stereocenters. The highest BCUT2D eigenvalue weighted by Gasteiger charge is 2.26. The van der Waals surface area contributed by atoms with Crippen molar-refractivity contribution in [1.29, 1.82) is 0 Å². The van der Waals surface area contributed by atoms with E-state index < -0.39 is 0 Å². The van der Waals surface area contributed by atoms with Crippen LogP contribution in [0.25, 0.3) is 0 Å². The van der Waals surface area contributed by atoms with Crippen molar-refractivity contribution in [1.82, 2.24) is 10.2 Å². The molecule has 0 aromatic heterocycles. The fourth-order valence-electron chi connectivity index (χ4n) is 3.31. The number of piperidine rings is 1. The minimum atomic E-state index is -0.00212. The van der Waals surface area contributed by atoms with Gasteiger partial charge in [0.25, 0.3) is 5.91 Å². The zero-order valence-corrected chi connectivity index (χ0v) is 15.7. The summed E-state index contributed by atoms with van der Waals surface area (Å²) in [6.07, 6.45) is 2.27. The van der Waals surface area contributed by atoms with E-state index in [1.165, 1.54) is 0 Å². The largest absolute Gasteiger partial charge is 0.489 e. The van der Waals surface area contributed by atoms with Crippen LogP contribution in [-0.4, -0.2) is 35.8 Å². The SMILES string of the molecule is CCC(=O)NC1CCCN(C(=O)c2ccccc2COc2ccccc2)C1. The first kappa shape index (κ1) is 19.0. The van der Waals surface area contributed by atoms with Crippen LogP contribution in [0.5, 0.6) is 5.75 Å². The number of ether oxygens (including phenoxy) is 1. The third-order valence-electron chi connectivity index (χ3n) is 4.78. The van der Waals surface area contributed by atoms with Gasteiger partial charge in [-0.2, -0.15) is 0 Å². The Morgan fingerprint density at radius 2 is 1.85 bits per heavy atom. The minimum Gasteiger partial charge on any atom is -0.489 e. The summed E-state index contributed by atoms with van der Waals surface area (Å²) in [6, 6.07) is 17.2. The average molecular weight is 366 g/mol. The number of hydrogen-bond donors (Lipinski definition) is 1. The Kier molecular flexibility index (Phi) is 6.47. The number of nitrogens with zero attached hydrogens (tertiary/aromatic N) is 1. The van der Waals surface area contributed by atoms with Crippen molar-refractivity contribution in [3.63, 3.8) is 0 Å². The summed E-state index contributed by atoms with van der Waals surface area (Å²) in [5.41, 5.74) is 1.53. The van der Waals surface area contributed by atoms with Gasteiger partial charge in [0.05, 0.1) is 0 Å². The molecule has 5 nitrogen and oxygen atoms in total. The van der Waals surface area contributed by atoms with Crippen LogP contribution in [-0.2, 0) is 11.4 Å². The number of para-hydroxylation sites is 1. The number of nitrogens with one attached hydrogen (secondary N) is 1. The van der Waals surface area contributed by atoms with Crippen molar-refractivity contribution in [3.8, 4) is 5.75 Å². The van der Waals surface area contributed by atoms with Crippen molar-refractivity contribution < 1.29 is 14.3 Å². The quantitative estimate of drug-likeness (QED) is 0.852. The number of carbonyl (C=O) groups excluding carboxylic acids is 2. The number of amides is 2. The Morgan fingerprint density at radius 3 is 2.63 bits per heavy atom. The number of carbonyl (C=O) groups is 2. The maximum absolute atomic E-state index is 13.1. The highest BCUT2D eigenvalue weighted by atomic mass is 16.5. The molecule has 2 amide bonds. The molecule has 1 aliphatic heterocycles. The highest BCUT2D eigenvalue weighted by molar-refractivity contribution is 5.95. The molecule has 1 unspecified atom stereocenters. The van der Waals surface area contributed by atoms with Crippen LogP contribution in [0.1, 0.15) is 42.1 Å². The minimum absolute atomic E-state index is 0.00212. The lowest BCUT2D eigenvalue weighted by Crippen LogP contribution is -2.49. The van der Waals surface area contributed by atoms with E-state index in [9.17, 15) is 9.59 Å². The molecule has 1 aliphatic rings. The first-order valence-corrected chi connectivity index (χ1v) is 9.51. The summed E-state index contributed by atoms with van der Waals surface area (Å²) >= 11 is 0.